The zero-order valence-electron chi connectivity index (χ0n) is 11.0. The Bertz CT molecular complexity index is 663. The van der Waals surface area contributed by atoms with E-state index in [1.807, 2.05) is 6.92 Å². The van der Waals surface area contributed by atoms with Crippen LogP contribution in [0, 0.1) is 6.92 Å². The van der Waals surface area contributed by atoms with Gasteiger partial charge >= 0.3 is 10.1 Å². The number of allylic oxidation sites excluding steroid dienone is 2. The molecule has 0 heterocycles. The molecule has 0 saturated heterocycles. The number of halogens is 1. The fourth-order valence-electron chi connectivity index (χ4n) is 1.78. The second kappa shape index (κ2) is 5.85. The highest BCUT2D eigenvalue weighted by atomic mass is 35.5. The van der Waals surface area contributed by atoms with Gasteiger partial charge in [0.05, 0.1) is 5.03 Å². The van der Waals surface area contributed by atoms with Crippen molar-refractivity contribution in [3.63, 3.8) is 0 Å². The zero-order valence-corrected chi connectivity index (χ0v) is 12.5. The van der Waals surface area contributed by atoms with Crippen molar-refractivity contribution >= 4 is 27.4 Å². The number of hydrogen-bond donors (Lipinski definition) is 1. The standard InChI is InChI=1S/C13H15ClN2O3S/c1-9-5-7-10(8-6-9)20(17,18)19-16-12-4-2-3-11(15)13(12)14/h5-8H,2-4,15H2,1H3/b16-12-. The largest absolute Gasteiger partial charge is 0.401 e. The van der Waals surface area contributed by atoms with Gasteiger partial charge in [-0.15, -0.1) is 0 Å². The molecule has 0 spiro atoms. The second-order valence-corrected chi connectivity index (χ2v) is 6.48. The van der Waals surface area contributed by atoms with Gasteiger partial charge in [0.1, 0.15) is 10.6 Å². The summed E-state index contributed by atoms with van der Waals surface area (Å²) < 4.78 is 28.6. The molecule has 1 aliphatic carbocycles. The summed E-state index contributed by atoms with van der Waals surface area (Å²) in [6.45, 7) is 1.87. The molecule has 0 radical (unpaired) electrons. The first-order chi connectivity index (χ1) is 9.40. The van der Waals surface area contributed by atoms with Crippen molar-refractivity contribution in [3.8, 4) is 0 Å². The summed E-state index contributed by atoms with van der Waals surface area (Å²) in [5.41, 5.74) is 7.53. The van der Waals surface area contributed by atoms with Crippen LogP contribution in [0.1, 0.15) is 24.8 Å². The average Bonchev–Trinajstić information content (AvgIpc) is 2.41. The summed E-state index contributed by atoms with van der Waals surface area (Å²) in [5.74, 6) is 0. The first-order valence-electron chi connectivity index (χ1n) is 6.12. The molecule has 0 bridgehead atoms. The third-order valence-electron chi connectivity index (χ3n) is 2.95. The van der Waals surface area contributed by atoms with E-state index in [1.165, 1.54) is 12.1 Å². The van der Waals surface area contributed by atoms with Crippen LogP contribution >= 0.6 is 11.6 Å². The smallest absolute Gasteiger partial charge is 0.358 e. The summed E-state index contributed by atoms with van der Waals surface area (Å²) in [6.07, 6.45) is 2.00. The highest BCUT2D eigenvalue weighted by Gasteiger charge is 2.19. The first kappa shape index (κ1) is 14.9. The monoisotopic (exact) mass is 314 g/mol. The highest BCUT2D eigenvalue weighted by molar-refractivity contribution is 7.86. The van der Waals surface area contributed by atoms with Crippen LogP contribution in [0.3, 0.4) is 0 Å². The molecule has 1 aromatic carbocycles. The van der Waals surface area contributed by atoms with Gasteiger partial charge in [-0.3, -0.25) is 4.28 Å². The van der Waals surface area contributed by atoms with Gasteiger partial charge in [-0.2, -0.15) is 8.42 Å². The molecule has 2 N–H and O–H groups in total. The highest BCUT2D eigenvalue weighted by Crippen LogP contribution is 2.23. The minimum atomic E-state index is -3.93. The molecule has 108 valence electrons. The molecule has 0 atom stereocenters. The quantitative estimate of drug-likeness (QED) is 0.870. The number of hydrogen-bond acceptors (Lipinski definition) is 5. The van der Waals surface area contributed by atoms with Gasteiger partial charge in [0.25, 0.3) is 0 Å². The maximum absolute atomic E-state index is 12.0. The molecule has 1 aliphatic rings. The Labute approximate surface area is 123 Å². The molecule has 0 aromatic heterocycles. The number of oxime groups is 1. The Hall–Kier alpha value is -1.53. The average molecular weight is 315 g/mol. The molecule has 0 amide bonds. The van der Waals surface area contributed by atoms with Crippen LogP contribution in [-0.2, 0) is 14.4 Å². The van der Waals surface area contributed by atoms with Crippen LogP contribution in [0.5, 0.6) is 0 Å². The maximum atomic E-state index is 12.0. The number of aryl methyl sites for hydroxylation is 1. The molecule has 20 heavy (non-hydrogen) atoms. The van der Waals surface area contributed by atoms with E-state index < -0.39 is 10.1 Å². The minimum absolute atomic E-state index is 0.0522. The van der Waals surface area contributed by atoms with E-state index in [-0.39, 0.29) is 9.93 Å². The van der Waals surface area contributed by atoms with Gasteiger partial charge in [0.2, 0.25) is 0 Å². The lowest BCUT2D eigenvalue weighted by molar-refractivity contribution is 0.337. The topological polar surface area (TPSA) is 81.8 Å². The summed E-state index contributed by atoms with van der Waals surface area (Å²) in [4.78, 5) is 0.0522. The normalized spacial score (nSPS) is 18.4. The third kappa shape index (κ3) is 3.32. The van der Waals surface area contributed by atoms with Gasteiger partial charge in [-0.1, -0.05) is 34.5 Å². The van der Waals surface area contributed by atoms with E-state index in [1.54, 1.807) is 12.1 Å². The molecule has 0 unspecified atom stereocenters. The summed E-state index contributed by atoms with van der Waals surface area (Å²) in [7, 11) is -3.93. The van der Waals surface area contributed by atoms with E-state index in [0.717, 1.165) is 12.0 Å². The Kier molecular flexibility index (Phi) is 4.35. The molecular formula is C13H15ClN2O3S. The molecule has 2 rings (SSSR count). The molecule has 0 aliphatic heterocycles. The zero-order chi connectivity index (χ0) is 14.8. The molecule has 0 saturated carbocycles. The molecule has 5 nitrogen and oxygen atoms in total. The number of nitrogens with zero attached hydrogens (tertiary/aromatic N) is 1. The molecular weight excluding hydrogens is 300 g/mol. The van der Waals surface area contributed by atoms with Gasteiger partial charge in [-0.05, 0) is 38.3 Å². The van der Waals surface area contributed by atoms with E-state index in [2.05, 4.69) is 5.16 Å². The number of rotatable bonds is 3. The summed E-state index contributed by atoms with van der Waals surface area (Å²) in [6, 6.07) is 6.32. The van der Waals surface area contributed by atoms with Crippen LogP contribution in [0.15, 0.2) is 45.0 Å². The number of benzene rings is 1. The second-order valence-electron chi connectivity index (χ2n) is 4.57. The van der Waals surface area contributed by atoms with Crippen molar-refractivity contribution in [2.75, 3.05) is 0 Å². The Balaban J connectivity index is 2.21. The van der Waals surface area contributed by atoms with E-state index in [9.17, 15) is 8.42 Å². The summed E-state index contributed by atoms with van der Waals surface area (Å²) in [5, 5.41) is 3.93. The van der Waals surface area contributed by atoms with E-state index in [0.29, 0.717) is 24.3 Å². The van der Waals surface area contributed by atoms with Gasteiger partial charge in [-0.25, -0.2) is 0 Å². The summed E-state index contributed by atoms with van der Waals surface area (Å²) >= 11 is 5.98. The van der Waals surface area contributed by atoms with Crippen LogP contribution in [0.25, 0.3) is 0 Å². The van der Waals surface area contributed by atoms with Crippen molar-refractivity contribution in [2.45, 2.75) is 31.1 Å². The van der Waals surface area contributed by atoms with Crippen molar-refractivity contribution < 1.29 is 12.7 Å². The predicted molar refractivity (Wildman–Crippen MR) is 77.8 cm³/mol. The van der Waals surface area contributed by atoms with Gasteiger partial charge in [0.15, 0.2) is 0 Å². The van der Waals surface area contributed by atoms with E-state index in [4.69, 9.17) is 21.6 Å². The van der Waals surface area contributed by atoms with Crippen LogP contribution in [0.4, 0.5) is 0 Å². The fraction of sp³-hybridized carbons (Fsp3) is 0.308. The van der Waals surface area contributed by atoms with Crippen LogP contribution in [-0.4, -0.2) is 14.1 Å². The Morgan fingerprint density at radius 1 is 1.25 bits per heavy atom. The third-order valence-corrected chi connectivity index (χ3v) is 4.53. The molecule has 7 heteroatoms. The van der Waals surface area contributed by atoms with Crippen molar-refractivity contribution in [1.82, 2.24) is 0 Å². The minimum Gasteiger partial charge on any atom is -0.401 e. The fourth-order valence-corrected chi connectivity index (χ4v) is 2.75. The van der Waals surface area contributed by atoms with Crippen LogP contribution in [0.2, 0.25) is 0 Å². The lowest BCUT2D eigenvalue weighted by atomic mass is 10.0. The molecule has 0 fully saturated rings. The lowest BCUT2D eigenvalue weighted by Crippen LogP contribution is -2.15. The Morgan fingerprint density at radius 3 is 2.55 bits per heavy atom. The SMILES string of the molecule is Cc1ccc(S(=O)(=O)O/N=C2/CCCC(N)=C2Cl)cc1. The number of nitrogens with two attached hydrogens (primary N) is 1. The van der Waals surface area contributed by atoms with E-state index >= 15 is 0 Å². The predicted octanol–water partition coefficient (Wildman–Crippen LogP) is 2.65. The first-order valence-corrected chi connectivity index (χ1v) is 7.90. The Morgan fingerprint density at radius 2 is 1.90 bits per heavy atom. The van der Waals surface area contributed by atoms with Crippen molar-refractivity contribution in [1.29, 1.82) is 0 Å². The molecule has 1 aromatic rings. The van der Waals surface area contributed by atoms with Crippen molar-refractivity contribution in [2.24, 2.45) is 10.9 Å². The van der Waals surface area contributed by atoms with Gasteiger partial charge < -0.3 is 5.73 Å². The van der Waals surface area contributed by atoms with Crippen LogP contribution < -0.4 is 5.73 Å². The maximum Gasteiger partial charge on any atom is 0.358 e. The van der Waals surface area contributed by atoms with Crippen molar-refractivity contribution in [3.05, 3.63) is 40.6 Å². The van der Waals surface area contributed by atoms with Gasteiger partial charge in [0, 0.05) is 5.70 Å². The lowest BCUT2D eigenvalue weighted by Gasteiger charge is -2.13.